The molecule has 0 saturated heterocycles. The molecule has 4 rings (SSSR count). The van der Waals surface area contributed by atoms with Crippen LogP contribution in [0, 0.1) is 11.3 Å². The molecule has 2 aliphatic rings. The number of aliphatic imine (C=N–C) groups is 2. The first-order valence-corrected chi connectivity index (χ1v) is 5.96. The first-order chi connectivity index (χ1) is 8.90. The Bertz CT molecular complexity index is 765. The van der Waals surface area contributed by atoms with Crippen molar-refractivity contribution in [2.24, 2.45) is 9.98 Å². The summed E-state index contributed by atoms with van der Waals surface area (Å²) < 4.78 is 0. The molecule has 3 heteroatoms. The Hall–Kier alpha value is -2.47. The van der Waals surface area contributed by atoms with Gasteiger partial charge in [-0.25, -0.2) is 0 Å². The number of rotatable bonds is 0. The van der Waals surface area contributed by atoms with Crippen LogP contribution in [0.15, 0.2) is 40.3 Å². The van der Waals surface area contributed by atoms with Crippen LogP contribution in [0.5, 0.6) is 0 Å². The SMILES string of the molecule is N#Cc1ccc2c3c(cccc13)C1=NCCN=C12. The summed E-state index contributed by atoms with van der Waals surface area (Å²) in [6.45, 7) is 1.52. The van der Waals surface area contributed by atoms with Gasteiger partial charge in [-0.05, 0) is 6.07 Å². The fraction of sp³-hybridized carbons (Fsp3) is 0.133. The second-order valence-corrected chi connectivity index (χ2v) is 4.46. The van der Waals surface area contributed by atoms with E-state index in [1.807, 2.05) is 24.3 Å². The molecule has 2 aromatic rings. The van der Waals surface area contributed by atoms with E-state index in [-0.39, 0.29) is 0 Å². The summed E-state index contributed by atoms with van der Waals surface area (Å²) in [5.74, 6) is 0. The highest BCUT2D eigenvalue weighted by Gasteiger charge is 2.28. The minimum Gasteiger partial charge on any atom is -0.280 e. The zero-order valence-electron chi connectivity index (χ0n) is 9.64. The molecule has 1 aliphatic carbocycles. The van der Waals surface area contributed by atoms with Crippen molar-refractivity contribution >= 4 is 22.2 Å². The summed E-state index contributed by atoms with van der Waals surface area (Å²) in [4.78, 5) is 9.18. The third-order valence-corrected chi connectivity index (χ3v) is 3.54. The maximum absolute atomic E-state index is 9.19. The highest BCUT2D eigenvalue weighted by molar-refractivity contribution is 6.61. The molecule has 3 nitrogen and oxygen atoms in total. The Morgan fingerprint density at radius 3 is 2.39 bits per heavy atom. The highest BCUT2D eigenvalue weighted by Crippen LogP contribution is 2.34. The van der Waals surface area contributed by atoms with Crippen LogP contribution < -0.4 is 0 Å². The fourth-order valence-electron chi connectivity index (χ4n) is 2.80. The van der Waals surface area contributed by atoms with E-state index >= 15 is 0 Å². The molecule has 1 heterocycles. The number of hydrogen-bond donors (Lipinski definition) is 0. The topological polar surface area (TPSA) is 48.5 Å². The third kappa shape index (κ3) is 1.02. The lowest BCUT2D eigenvalue weighted by molar-refractivity contribution is 0.966. The third-order valence-electron chi connectivity index (χ3n) is 3.54. The summed E-state index contributed by atoms with van der Waals surface area (Å²) >= 11 is 0. The summed E-state index contributed by atoms with van der Waals surface area (Å²) in [5, 5.41) is 11.3. The van der Waals surface area contributed by atoms with Gasteiger partial charge in [0.15, 0.2) is 0 Å². The lowest BCUT2D eigenvalue weighted by Crippen LogP contribution is -2.17. The molecular weight excluding hydrogens is 222 g/mol. The number of benzene rings is 2. The lowest BCUT2D eigenvalue weighted by atomic mass is 10.0. The van der Waals surface area contributed by atoms with Crippen LogP contribution in [-0.4, -0.2) is 24.5 Å². The van der Waals surface area contributed by atoms with Crippen molar-refractivity contribution in [2.45, 2.75) is 0 Å². The molecule has 2 aromatic carbocycles. The van der Waals surface area contributed by atoms with Crippen molar-refractivity contribution in [3.63, 3.8) is 0 Å². The predicted molar refractivity (Wildman–Crippen MR) is 71.5 cm³/mol. The molecule has 0 bridgehead atoms. The molecule has 0 spiro atoms. The van der Waals surface area contributed by atoms with Crippen molar-refractivity contribution in [1.29, 1.82) is 5.26 Å². The van der Waals surface area contributed by atoms with E-state index in [2.05, 4.69) is 22.1 Å². The largest absolute Gasteiger partial charge is 0.280 e. The molecular formula is C15H9N3. The second kappa shape index (κ2) is 3.27. The van der Waals surface area contributed by atoms with Crippen LogP contribution in [-0.2, 0) is 0 Å². The van der Waals surface area contributed by atoms with Crippen LogP contribution in [0.1, 0.15) is 16.7 Å². The van der Waals surface area contributed by atoms with Crippen LogP contribution in [0.25, 0.3) is 10.8 Å². The molecule has 0 N–H and O–H groups in total. The van der Waals surface area contributed by atoms with Gasteiger partial charge in [0.25, 0.3) is 0 Å². The normalized spacial score (nSPS) is 15.9. The van der Waals surface area contributed by atoms with Crippen molar-refractivity contribution in [3.8, 4) is 6.07 Å². The van der Waals surface area contributed by atoms with Gasteiger partial charge in [-0.1, -0.05) is 24.3 Å². The molecule has 0 unspecified atom stereocenters. The quantitative estimate of drug-likeness (QED) is 0.686. The fourth-order valence-corrected chi connectivity index (χ4v) is 2.80. The Morgan fingerprint density at radius 1 is 0.944 bits per heavy atom. The smallest absolute Gasteiger partial charge is 0.0998 e. The van der Waals surface area contributed by atoms with Gasteiger partial charge >= 0.3 is 0 Å². The van der Waals surface area contributed by atoms with Gasteiger partial charge in [-0.15, -0.1) is 0 Å². The van der Waals surface area contributed by atoms with E-state index < -0.39 is 0 Å². The molecule has 84 valence electrons. The van der Waals surface area contributed by atoms with Crippen LogP contribution in [0.4, 0.5) is 0 Å². The van der Waals surface area contributed by atoms with Gasteiger partial charge in [0.05, 0.1) is 36.1 Å². The van der Waals surface area contributed by atoms with Crippen molar-refractivity contribution in [2.75, 3.05) is 13.1 Å². The average molecular weight is 231 g/mol. The predicted octanol–water partition coefficient (Wildman–Crippen LogP) is 2.32. The summed E-state index contributed by atoms with van der Waals surface area (Å²) in [6, 6.07) is 12.2. The Labute approximate surface area is 104 Å². The Morgan fingerprint density at radius 2 is 1.67 bits per heavy atom. The van der Waals surface area contributed by atoms with Crippen LogP contribution >= 0.6 is 0 Å². The maximum atomic E-state index is 9.19. The monoisotopic (exact) mass is 231 g/mol. The molecule has 0 atom stereocenters. The zero-order chi connectivity index (χ0) is 12.1. The van der Waals surface area contributed by atoms with Crippen LogP contribution in [0.2, 0.25) is 0 Å². The van der Waals surface area contributed by atoms with Gasteiger partial charge in [-0.3, -0.25) is 9.98 Å². The maximum Gasteiger partial charge on any atom is 0.0998 e. The summed E-state index contributed by atoms with van der Waals surface area (Å²) in [6.07, 6.45) is 0. The van der Waals surface area contributed by atoms with E-state index in [1.165, 1.54) is 0 Å². The molecule has 0 fully saturated rings. The minimum absolute atomic E-state index is 0.718. The first kappa shape index (κ1) is 9.55. The van der Waals surface area contributed by atoms with E-state index in [1.54, 1.807) is 0 Å². The molecule has 0 aromatic heterocycles. The van der Waals surface area contributed by atoms with Crippen molar-refractivity contribution in [3.05, 3.63) is 47.0 Å². The number of nitriles is 1. The summed E-state index contributed by atoms with van der Waals surface area (Å²) in [5.41, 5.74) is 4.96. The number of hydrogen-bond acceptors (Lipinski definition) is 3. The highest BCUT2D eigenvalue weighted by atomic mass is 14.9. The Kier molecular flexibility index (Phi) is 1.73. The van der Waals surface area contributed by atoms with Gasteiger partial charge in [0.1, 0.15) is 0 Å². The van der Waals surface area contributed by atoms with E-state index in [4.69, 9.17) is 0 Å². The minimum atomic E-state index is 0.718. The van der Waals surface area contributed by atoms with E-state index in [9.17, 15) is 5.26 Å². The zero-order valence-corrected chi connectivity index (χ0v) is 9.64. The molecule has 1 aliphatic heterocycles. The molecule has 0 radical (unpaired) electrons. The molecule has 0 saturated carbocycles. The van der Waals surface area contributed by atoms with Gasteiger partial charge in [0.2, 0.25) is 0 Å². The van der Waals surface area contributed by atoms with Crippen molar-refractivity contribution < 1.29 is 0 Å². The van der Waals surface area contributed by atoms with E-state index in [0.29, 0.717) is 0 Å². The second-order valence-electron chi connectivity index (χ2n) is 4.46. The van der Waals surface area contributed by atoms with Gasteiger partial charge in [-0.2, -0.15) is 5.26 Å². The first-order valence-electron chi connectivity index (χ1n) is 5.96. The van der Waals surface area contributed by atoms with Gasteiger partial charge < -0.3 is 0 Å². The molecule has 18 heavy (non-hydrogen) atoms. The molecule has 0 amide bonds. The Balaban J connectivity index is 2.23. The summed E-state index contributed by atoms with van der Waals surface area (Å²) in [7, 11) is 0. The standard InChI is InChI=1S/C15H9N3/c16-8-9-4-5-12-13-10(9)2-1-3-11(13)14-15(12)18-7-6-17-14/h1-5H,6-7H2. The lowest BCUT2D eigenvalue weighted by Gasteiger charge is -2.07. The van der Waals surface area contributed by atoms with Crippen LogP contribution in [0.3, 0.4) is 0 Å². The van der Waals surface area contributed by atoms with E-state index in [0.717, 1.165) is 52.0 Å². The van der Waals surface area contributed by atoms with Crippen molar-refractivity contribution in [1.82, 2.24) is 0 Å². The number of nitrogens with zero attached hydrogens (tertiary/aromatic N) is 3. The average Bonchev–Trinajstić information content (AvgIpc) is 2.77. The number of fused-ring (bicyclic) bond motifs is 3. The van der Waals surface area contributed by atoms with Gasteiger partial charge in [0, 0.05) is 21.9 Å².